The van der Waals surface area contributed by atoms with Gasteiger partial charge in [-0.05, 0) is 306 Å². The number of hydrogen-bond acceptors (Lipinski definition) is 15. The number of primary amides is 1. The number of ether oxygens (including phenoxy) is 6. The van der Waals surface area contributed by atoms with Gasteiger partial charge in [-0.15, -0.1) is 0 Å². The van der Waals surface area contributed by atoms with E-state index in [2.05, 4.69) is 191 Å². The van der Waals surface area contributed by atoms with Gasteiger partial charge in [-0.25, -0.2) is 8.78 Å². The van der Waals surface area contributed by atoms with Gasteiger partial charge in [0.05, 0.1) is 84.8 Å². The van der Waals surface area contributed by atoms with Crippen molar-refractivity contribution in [2.75, 3.05) is 119 Å². The van der Waals surface area contributed by atoms with Crippen LogP contribution in [0.2, 0.25) is 0 Å². The third kappa shape index (κ3) is 45.5. The predicted octanol–water partition coefficient (Wildman–Crippen LogP) is 18.0. The highest BCUT2D eigenvalue weighted by Crippen LogP contribution is 2.58. The van der Waals surface area contributed by atoms with Crippen molar-refractivity contribution in [2.45, 2.75) is 357 Å². The van der Waals surface area contributed by atoms with Crippen molar-refractivity contribution in [3.63, 3.8) is 0 Å². The van der Waals surface area contributed by atoms with Gasteiger partial charge in [0.25, 0.3) is 0 Å². The second-order valence-electron chi connectivity index (χ2n) is 41.6. The summed E-state index contributed by atoms with van der Waals surface area (Å²) in [5, 5.41) is 2.69. The molecule has 0 aromatic carbocycles. The number of Topliss-reactive ketones (excluding diaryl/α,β-unsaturated/α-hetero) is 2. The smallest absolute Gasteiger partial charge is 0.223 e. The average molecular weight is 1580 g/mol. The molecule has 111 heavy (non-hydrogen) atoms. The fourth-order valence-corrected chi connectivity index (χ4v) is 16.7. The largest absolute Gasteiger partial charge is 0.376 e. The van der Waals surface area contributed by atoms with Gasteiger partial charge in [0, 0.05) is 84.3 Å². The Bertz CT molecular complexity index is 2540. The maximum absolute atomic E-state index is 13.0. The number of nitrogens with zero attached hydrogens (tertiary/aromatic N) is 5. The van der Waals surface area contributed by atoms with Crippen LogP contribution in [0.15, 0.2) is 0 Å². The molecule has 7 saturated carbocycles. The van der Waals surface area contributed by atoms with Crippen molar-refractivity contribution in [1.29, 1.82) is 0 Å². The number of piperidine rings is 3. The summed E-state index contributed by atoms with van der Waals surface area (Å²) in [4.78, 5) is 54.0. The minimum absolute atomic E-state index is 0.0167. The number of likely N-dealkylation sites (tertiary alicyclic amines) is 5. The molecule has 5 aliphatic heterocycles. The van der Waals surface area contributed by atoms with E-state index < -0.39 is 12.5 Å². The van der Waals surface area contributed by atoms with Crippen molar-refractivity contribution in [2.24, 2.45) is 99.9 Å². The molecule has 0 aromatic heterocycles. The average Bonchev–Trinajstić information content (AvgIpc) is 1.60. The first-order valence-electron chi connectivity index (χ1n) is 44.4. The zero-order valence-corrected chi connectivity index (χ0v) is 78.3. The number of likely N-dealkylation sites (N-methyl/N-ethyl adjacent to an activating group) is 1. The number of rotatable bonds is 19. The van der Waals surface area contributed by atoms with Crippen LogP contribution in [0, 0.1) is 94.2 Å². The molecule has 17 nitrogen and oxygen atoms in total. The first kappa shape index (κ1) is 105. The third-order valence-electron chi connectivity index (χ3n) is 22.8. The third-order valence-corrected chi connectivity index (χ3v) is 22.8. The normalized spacial score (nSPS) is 31.5. The topological polar surface area (TPSA) is 178 Å². The number of fused-ring (bicyclic) bond motifs is 3. The Labute approximate surface area is 681 Å². The number of amides is 2. The lowest BCUT2D eigenvalue weighted by molar-refractivity contribution is -0.122. The molecule has 2 amide bonds. The minimum Gasteiger partial charge on any atom is -0.376 e. The second-order valence-corrected chi connectivity index (χ2v) is 41.6. The molecule has 12 aliphatic rings. The number of nitrogens with two attached hydrogens (primary N) is 1. The predicted molar refractivity (Wildman–Crippen MR) is 457 cm³/mol. The first-order valence-corrected chi connectivity index (χ1v) is 44.4. The second kappa shape index (κ2) is 47.5. The lowest BCUT2D eigenvalue weighted by Gasteiger charge is -2.34. The molecule has 19 heteroatoms. The Morgan fingerprint density at radius 3 is 1.11 bits per heavy atom. The van der Waals surface area contributed by atoms with Crippen LogP contribution in [-0.4, -0.2) is 231 Å². The van der Waals surface area contributed by atoms with Crippen molar-refractivity contribution >= 4 is 23.4 Å². The summed E-state index contributed by atoms with van der Waals surface area (Å²) in [6.07, 6.45) is 13.6. The molecule has 0 aromatic rings. The van der Waals surface area contributed by atoms with Gasteiger partial charge in [0.15, 0.2) is 6.30 Å². The van der Waals surface area contributed by atoms with Crippen molar-refractivity contribution in [3.8, 4) is 0 Å². The van der Waals surface area contributed by atoms with Crippen LogP contribution < -0.4 is 11.1 Å². The summed E-state index contributed by atoms with van der Waals surface area (Å²) >= 11 is 0. The highest BCUT2D eigenvalue weighted by Gasteiger charge is 2.58. The van der Waals surface area contributed by atoms with Crippen molar-refractivity contribution < 1.29 is 56.4 Å². The summed E-state index contributed by atoms with van der Waals surface area (Å²) in [7, 11) is 3.87. The van der Waals surface area contributed by atoms with Gasteiger partial charge in [-0.2, -0.15) is 0 Å². The van der Waals surface area contributed by atoms with Gasteiger partial charge in [0.1, 0.15) is 17.7 Å². The summed E-state index contributed by atoms with van der Waals surface area (Å²) in [5.41, 5.74) is 5.13. The van der Waals surface area contributed by atoms with Gasteiger partial charge in [-0.1, -0.05) is 82.1 Å². The number of carbonyl (C=O) groups excluding carboxylic acids is 4. The quantitative estimate of drug-likeness (QED) is 0.117. The lowest BCUT2D eigenvalue weighted by Crippen LogP contribution is -2.40. The Balaban J connectivity index is 0.000000425. The molecule has 5 heterocycles. The minimum atomic E-state index is -0.776. The number of ketones is 2. The molecule has 10 unspecified atom stereocenters. The number of halogens is 2. The number of alkyl halides is 2. The molecule has 20 atom stereocenters. The van der Waals surface area contributed by atoms with Crippen LogP contribution in [0.1, 0.15) is 292 Å². The molecule has 3 N–H and O–H groups in total. The van der Waals surface area contributed by atoms with E-state index in [9.17, 15) is 28.0 Å². The lowest BCUT2D eigenvalue weighted by atomic mass is 9.89. The zero-order valence-electron chi connectivity index (χ0n) is 78.3. The van der Waals surface area contributed by atoms with Crippen LogP contribution in [-0.2, 0) is 47.6 Å². The first-order chi connectivity index (χ1) is 51.1. The van der Waals surface area contributed by atoms with E-state index in [1.165, 1.54) is 51.5 Å². The Hall–Kier alpha value is -2.30. The molecule has 7 aliphatic carbocycles. The molecular weight excluding hydrogens is 1400 g/mol. The standard InChI is InChI=1S/C13H24FNO.C12H22FNO.2C11H21NO2.C11H20O.C10H21NO.C9H17NO.C6H12.C5H9NO.2C2H6/c1-9(14)5-15-6-10-11(7-15)12(10)8-16-13(2,3)4;1-8(13)14-5-9-10(6-14)11(9)7-15-12(2,3)4;2*1-9(13)7-12-6-5-10(8-12)14-11(2,3)4;1-11(2,3)12-7-10-8-5-4-6-9(8)10;1-10(2,3)12-9-6-5-7-11(4)8-9;1-9(2,3)7-5-6(7)8(11)10-4;1-3-6-4-5(6)2;1-3-2-4(3)5(6)7;2*1-2/h9-12H,5-8H2,1-4H3;8-11H,5-7H2,1-4H3;2*10H,5-8H2,1-4H3;8-10H,4-7H2,1-3H3;9H,5-8H2,1-4H3;6-7H,5H2,1-4H3,(H,10,11);5-6H,3-4H2,1-2H3;3-4H,2H2,1H3,(H2,6,7);2*1-2H3/t9?,10-,11+,12?;8?,9-,10+,11?;;;8-,9+,10?;;;5-,6-;3-,4-;;/m.......00../s1. The zero-order chi connectivity index (χ0) is 85.3. The Kier molecular flexibility index (Phi) is 44.8. The molecular formula is C92H179F2N7O10. The van der Waals surface area contributed by atoms with Crippen molar-refractivity contribution in [3.05, 3.63) is 0 Å². The van der Waals surface area contributed by atoms with Crippen LogP contribution in [0.5, 0.6) is 0 Å². The van der Waals surface area contributed by atoms with Gasteiger partial charge >= 0.3 is 0 Å². The molecule has 5 saturated heterocycles. The van der Waals surface area contributed by atoms with Crippen LogP contribution in [0.3, 0.4) is 0 Å². The van der Waals surface area contributed by atoms with Crippen LogP contribution in [0.25, 0.3) is 0 Å². The van der Waals surface area contributed by atoms with E-state index in [1.807, 2.05) is 39.5 Å². The highest BCUT2D eigenvalue weighted by atomic mass is 19.1. The molecule has 12 rings (SSSR count). The summed E-state index contributed by atoms with van der Waals surface area (Å²) in [6.45, 7) is 80.2. The molecule has 0 radical (unpaired) electrons. The fraction of sp³-hybridized carbons (Fsp3) is 0.957. The molecule has 0 spiro atoms. The maximum atomic E-state index is 13.0. The van der Waals surface area contributed by atoms with Crippen LogP contribution >= 0.6 is 0 Å². The molecule has 0 bridgehead atoms. The molecule has 656 valence electrons. The monoisotopic (exact) mass is 1580 g/mol. The van der Waals surface area contributed by atoms with E-state index in [1.54, 1.807) is 34.7 Å². The van der Waals surface area contributed by atoms with Gasteiger partial charge in [-0.3, -0.25) is 38.8 Å². The van der Waals surface area contributed by atoms with E-state index >= 15 is 0 Å². The number of nitrogens with one attached hydrogen (secondary N) is 1. The van der Waals surface area contributed by atoms with Gasteiger partial charge in [0.2, 0.25) is 11.8 Å². The Morgan fingerprint density at radius 1 is 0.477 bits per heavy atom. The van der Waals surface area contributed by atoms with E-state index in [0.717, 1.165) is 152 Å². The summed E-state index contributed by atoms with van der Waals surface area (Å²) in [6, 6.07) is 0. The van der Waals surface area contributed by atoms with E-state index in [4.69, 9.17) is 34.2 Å². The number of carbonyl (C=O) groups is 4. The fourth-order valence-electron chi connectivity index (χ4n) is 16.7. The number of hydrogen-bond donors (Lipinski definition) is 2. The Morgan fingerprint density at radius 2 is 0.847 bits per heavy atom. The summed E-state index contributed by atoms with van der Waals surface area (Å²) in [5.74, 6) is 11.8. The van der Waals surface area contributed by atoms with E-state index in [0.29, 0.717) is 78.9 Å². The maximum Gasteiger partial charge on any atom is 0.223 e. The molecule has 12 fully saturated rings. The van der Waals surface area contributed by atoms with Crippen LogP contribution in [0.4, 0.5) is 8.78 Å². The van der Waals surface area contributed by atoms with Gasteiger partial charge < -0.3 is 44.4 Å². The highest BCUT2D eigenvalue weighted by molar-refractivity contribution is 5.81. The van der Waals surface area contributed by atoms with Crippen molar-refractivity contribution in [1.82, 2.24) is 29.8 Å². The van der Waals surface area contributed by atoms with E-state index in [-0.39, 0.29) is 62.9 Å². The summed E-state index contributed by atoms with van der Waals surface area (Å²) < 4.78 is 60.8. The SMILES string of the molecule is CC.CC.CC(=O)CN1CCC(OC(C)(C)C)C1.CC(=O)CN1CCC(OC(C)(C)C)C1.CC(C)(C)OCC1[C@H]2CCC[C@@H]12.CC(F)CN1C[C@@H]2C(COC(C)(C)C)[C@@H]2C1.CC(F)N1C[C@@H]2C(COC(C)(C)C)[C@@H]2C1.CC[C@H]1C[C@@H]1C.CN1CCCC(OC(C)(C)C)C1.CNC(=O)C1CC1C(C)(C)C.C[C@H]1C[C@@H]1C(N)=O.